The number of nitrogens with one attached hydrogen (secondary N) is 1. The van der Waals surface area contributed by atoms with Crippen molar-refractivity contribution in [2.45, 2.75) is 10.9 Å². The molecule has 0 radical (unpaired) electrons. The van der Waals surface area contributed by atoms with E-state index < -0.39 is 28.1 Å². The van der Waals surface area contributed by atoms with Crippen LogP contribution in [0.4, 0.5) is 4.79 Å². The summed E-state index contributed by atoms with van der Waals surface area (Å²) in [5.41, 5.74) is 11.3. The summed E-state index contributed by atoms with van der Waals surface area (Å²) in [4.78, 5) is 15.2. The zero-order valence-electron chi connectivity index (χ0n) is 12.6. The summed E-state index contributed by atoms with van der Waals surface area (Å²) in [5.74, 6) is -0.404. The number of guanidine groups is 1. The average molecular weight is 347 g/mol. The quantitative estimate of drug-likeness (QED) is 0.466. The average Bonchev–Trinajstić information content (AvgIpc) is 2.52. The number of primary sulfonamides is 1. The predicted octanol–water partition coefficient (Wildman–Crippen LogP) is 0.406. The molecular formula is C15H17N5O3S. The van der Waals surface area contributed by atoms with Gasteiger partial charge in [0.1, 0.15) is 0 Å². The Morgan fingerprint density at radius 3 is 2.17 bits per heavy atom. The van der Waals surface area contributed by atoms with Gasteiger partial charge in [0.2, 0.25) is 10.0 Å². The van der Waals surface area contributed by atoms with Crippen LogP contribution >= 0.6 is 0 Å². The van der Waals surface area contributed by atoms with Gasteiger partial charge in [0.25, 0.3) is 0 Å². The zero-order valence-corrected chi connectivity index (χ0v) is 13.4. The highest BCUT2D eigenvalue weighted by Gasteiger charge is 2.23. The molecule has 0 saturated heterocycles. The van der Waals surface area contributed by atoms with Gasteiger partial charge in [-0.05, 0) is 17.2 Å². The first-order valence-corrected chi connectivity index (χ1v) is 8.40. The number of sulfonamides is 1. The number of carbonyl (C=O) groups excluding carboxylic acids is 1. The highest BCUT2D eigenvalue weighted by atomic mass is 32.2. The molecule has 126 valence electrons. The SMILES string of the molecule is NC(N)=NC(=O)NC(c1ccccc1)c1ccccc1S(N)(=O)=O. The van der Waals surface area contributed by atoms with Crippen LogP contribution in [0.25, 0.3) is 0 Å². The lowest BCUT2D eigenvalue weighted by Gasteiger charge is -2.20. The topological polar surface area (TPSA) is 154 Å². The lowest BCUT2D eigenvalue weighted by molar-refractivity contribution is 0.247. The van der Waals surface area contributed by atoms with Gasteiger partial charge in [0.15, 0.2) is 5.96 Å². The Morgan fingerprint density at radius 1 is 1.00 bits per heavy atom. The van der Waals surface area contributed by atoms with Crippen LogP contribution in [0.3, 0.4) is 0 Å². The van der Waals surface area contributed by atoms with Gasteiger partial charge in [-0.2, -0.15) is 4.99 Å². The van der Waals surface area contributed by atoms with Crippen molar-refractivity contribution in [3.63, 3.8) is 0 Å². The summed E-state index contributed by atoms with van der Waals surface area (Å²) >= 11 is 0. The fraction of sp³-hybridized carbons (Fsp3) is 0.0667. The second kappa shape index (κ2) is 7.11. The third-order valence-electron chi connectivity index (χ3n) is 3.17. The Labute approximate surface area is 139 Å². The highest BCUT2D eigenvalue weighted by Crippen LogP contribution is 2.27. The maximum Gasteiger partial charge on any atom is 0.344 e. The molecule has 2 amide bonds. The number of nitrogens with two attached hydrogens (primary N) is 3. The molecule has 2 aromatic rings. The van der Waals surface area contributed by atoms with Crippen LogP contribution in [0, 0.1) is 0 Å². The minimum absolute atomic E-state index is 0.0937. The summed E-state index contributed by atoms with van der Waals surface area (Å²) in [6.45, 7) is 0. The Hall–Kier alpha value is -2.91. The molecule has 0 aromatic heterocycles. The van der Waals surface area contributed by atoms with Crippen LogP contribution in [0.1, 0.15) is 17.2 Å². The van der Waals surface area contributed by atoms with Gasteiger partial charge in [-0.25, -0.2) is 18.4 Å². The Balaban J connectivity index is 2.56. The van der Waals surface area contributed by atoms with Crippen LogP contribution in [-0.2, 0) is 10.0 Å². The van der Waals surface area contributed by atoms with Crippen molar-refractivity contribution in [3.05, 3.63) is 65.7 Å². The zero-order chi connectivity index (χ0) is 17.7. The summed E-state index contributed by atoms with van der Waals surface area (Å²) in [5, 5.41) is 7.86. The molecule has 0 heterocycles. The third kappa shape index (κ3) is 4.31. The fourth-order valence-electron chi connectivity index (χ4n) is 2.24. The maximum atomic E-state index is 11.9. The molecule has 9 heteroatoms. The lowest BCUT2D eigenvalue weighted by atomic mass is 9.99. The number of amides is 2. The number of aliphatic imine (C=N–C) groups is 1. The lowest BCUT2D eigenvalue weighted by Crippen LogP contribution is -2.32. The molecule has 24 heavy (non-hydrogen) atoms. The normalized spacial score (nSPS) is 12.2. The van der Waals surface area contributed by atoms with Gasteiger partial charge in [-0.3, -0.25) is 0 Å². The van der Waals surface area contributed by atoms with Crippen LogP contribution < -0.4 is 21.9 Å². The minimum Gasteiger partial charge on any atom is -0.370 e. The van der Waals surface area contributed by atoms with E-state index >= 15 is 0 Å². The van der Waals surface area contributed by atoms with Crippen molar-refractivity contribution in [3.8, 4) is 0 Å². The first-order valence-electron chi connectivity index (χ1n) is 6.86. The van der Waals surface area contributed by atoms with E-state index in [2.05, 4.69) is 10.3 Å². The molecule has 0 aliphatic carbocycles. The molecule has 0 spiro atoms. The summed E-state index contributed by atoms with van der Waals surface area (Å²) in [6.07, 6.45) is 0. The van der Waals surface area contributed by atoms with Gasteiger partial charge >= 0.3 is 6.03 Å². The van der Waals surface area contributed by atoms with E-state index in [0.29, 0.717) is 11.1 Å². The first-order chi connectivity index (χ1) is 11.3. The molecule has 2 aromatic carbocycles. The number of nitrogens with zero attached hydrogens (tertiary/aromatic N) is 1. The smallest absolute Gasteiger partial charge is 0.344 e. The molecule has 0 aliphatic rings. The molecular weight excluding hydrogens is 330 g/mol. The van der Waals surface area contributed by atoms with E-state index in [-0.39, 0.29) is 4.90 Å². The van der Waals surface area contributed by atoms with Crippen LogP contribution in [0.15, 0.2) is 64.5 Å². The Bertz CT molecular complexity index is 862. The van der Waals surface area contributed by atoms with E-state index in [1.165, 1.54) is 6.07 Å². The standard InChI is InChI=1S/C15H17N5O3S/c16-14(17)20-15(21)19-13(10-6-2-1-3-7-10)11-8-4-5-9-12(11)24(18,22)23/h1-9,13H,(H2,18,22,23)(H5,16,17,19,20,21). The molecule has 1 atom stereocenters. The second-order valence-electron chi connectivity index (χ2n) is 4.91. The van der Waals surface area contributed by atoms with Crippen LogP contribution in [-0.4, -0.2) is 20.4 Å². The van der Waals surface area contributed by atoms with Crippen molar-refractivity contribution in [1.82, 2.24) is 5.32 Å². The van der Waals surface area contributed by atoms with E-state index in [1.807, 2.05) is 0 Å². The molecule has 2 rings (SSSR count). The van der Waals surface area contributed by atoms with Crippen LogP contribution in [0.2, 0.25) is 0 Å². The minimum atomic E-state index is -3.98. The molecule has 0 saturated carbocycles. The van der Waals surface area contributed by atoms with Gasteiger partial charge in [0, 0.05) is 0 Å². The van der Waals surface area contributed by atoms with Gasteiger partial charge < -0.3 is 16.8 Å². The van der Waals surface area contributed by atoms with E-state index in [4.69, 9.17) is 16.6 Å². The van der Waals surface area contributed by atoms with Crippen molar-refractivity contribution in [1.29, 1.82) is 0 Å². The van der Waals surface area contributed by atoms with Gasteiger partial charge in [0.05, 0.1) is 10.9 Å². The first kappa shape index (κ1) is 17.4. The largest absolute Gasteiger partial charge is 0.370 e. The second-order valence-corrected chi connectivity index (χ2v) is 6.44. The third-order valence-corrected chi connectivity index (χ3v) is 4.15. The van der Waals surface area contributed by atoms with Gasteiger partial charge in [-0.15, -0.1) is 0 Å². The van der Waals surface area contributed by atoms with Crippen LogP contribution in [0.5, 0.6) is 0 Å². The Kier molecular flexibility index (Phi) is 5.17. The highest BCUT2D eigenvalue weighted by molar-refractivity contribution is 7.89. The number of carbonyl (C=O) groups is 1. The molecule has 0 aliphatic heterocycles. The Morgan fingerprint density at radius 2 is 1.58 bits per heavy atom. The summed E-state index contributed by atoms with van der Waals surface area (Å²) < 4.78 is 23.7. The molecule has 7 N–H and O–H groups in total. The number of hydrogen-bond acceptors (Lipinski definition) is 3. The predicted molar refractivity (Wildman–Crippen MR) is 90.4 cm³/mol. The number of rotatable bonds is 4. The number of benzene rings is 2. The van der Waals surface area contributed by atoms with Gasteiger partial charge in [-0.1, -0.05) is 48.5 Å². The maximum absolute atomic E-state index is 11.9. The summed E-state index contributed by atoms with van der Waals surface area (Å²) in [6, 6.07) is 13.3. The fourth-order valence-corrected chi connectivity index (χ4v) is 3.02. The molecule has 8 nitrogen and oxygen atoms in total. The monoisotopic (exact) mass is 347 g/mol. The number of hydrogen-bond donors (Lipinski definition) is 4. The van der Waals surface area contributed by atoms with E-state index in [9.17, 15) is 13.2 Å². The van der Waals surface area contributed by atoms with E-state index in [1.54, 1.807) is 48.5 Å². The van der Waals surface area contributed by atoms with Crippen molar-refractivity contribution >= 4 is 22.0 Å². The molecule has 0 fully saturated rings. The van der Waals surface area contributed by atoms with Crippen molar-refractivity contribution in [2.24, 2.45) is 21.6 Å². The van der Waals surface area contributed by atoms with Crippen molar-refractivity contribution in [2.75, 3.05) is 0 Å². The van der Waals surface area contributed by atoms with E-state index in [0.717, 1.165) is 0 Å². The molecule has 1 unspecified atom stereocenters. The number of urea groups is 1. The molecule has 0 bridgehead atoms. The summed E-state index contributed by atoms with van der Waals surface area (Å²) in [7, 11) is -3.98. The van der Waals surface area contributed by atoms with Crippen molar-refractivity contribution < 1.29 is 13.2 Å².